The van der Waals surface area contributed by atoms with Crippen molar-refractivity contribution < 1.29 is 9.53 Å². The number of ether oxygens (including phenoxy) is 1. The number of nitrogens with one attached hydrogen (secondary N) is 3. The third-order valence-electron chi connectivity index (χ3n) is 3.57. The van der Waals surface area contributed by atoms with Crippen molar-refractivity contribution in [3.05, 3.63) is 66.2 Å². The van der Waals surface area contributed by atoms with Gasteiger partial charge in [0.25, 0.3) is 5.91 Å². The summed E-state index contributed by atoms with van der Waals surface area (Å²) in [5.74, 6) is 0.595. The van der Waals surface area contributed by atoms with Crippen LogP contribution in [0.2, 0.25) is 0 Å². The molecule has 0 aliphatic rings. The van der Waals surface area contributed by atoms with Crippen molar-refractivity contribution in [2.75, 3.05) is 12.4 Å². The molecule has 5 heteroatoms. The average Bonchev–Trinajstić information content (AvgIpc) is 2.59. The van der Waals surface area contributed by atoms with Crippen LogP contribution in [0.1, 0.15) is 18.1 Å². The summed E-state index contributed by atoms with van der Waals surface area (Å²) in [6.45, 7) is 7.73. The smallest absolute Gasteiger partial charge is 0.260 e. The summed E-state index contributed by atoms with van der Waals surface area (Å²) in [4.78, 5) is 12.2. The molecule has 2 rings (SSSR count). The third-order valence-corrected chi connectivity index (χ3v) is 3.57. The van der Waals surface area contributed by atoms with E-state index in [0.717, 1.165) is 22.6 Å². The molecular weight excluding hydrogens is 302 g/mol. The normalized spacial score (nSPS) is 11.3. The Bertz CT molecular complexity index is 711. The number of carbonyl (C=O) groups excluding carboxylic acids is 1. The number of rotatable bonds is 7. The molecule has 1 amide bonds. The lowest BCUT2D eigenvalue weighted by molar-refractivity contribution is -0.122. The fourth-order valence-corrected chi connectivity index (χ4v) is 2.16. The lowest BCUT2D eigenvalue weighted by Crippen LogP contribution is -2.44. The van der Waals surface area contributed by atoms with Gasteiger partial charge in [-0.3, -0.25) is 15.6 Å². The first-order valence-electron chi connectivity index (χ1n) is 7.72. The number of carbonyl (C=O) groups is 1. The first-order valence-corrected chi connectivity index (χ1v) is 7.72. The standard InChI is InChI=1S/C19H23N3O2/c1-13-6-5-7-17(12-13)20-15(3)19(23)22-21-14(2)16-8-10-18(24-4)11-9-16/h5-12,15,20-21H,2H2,1,3-4H3,(H,22,23). The second kappa shape index (κ2) is 8.06. The average molecular weight is 325 g/mol. The van der Waals surface area contributed by atoms with Gasteiger partial charge in [0.2, 0.25) is 0 Å². The molecule has 5 nitrogen and oxygen atoms in total. The van der Waals surface area contributed by atoms with E-state index in [-0.39, 0.29) is 11.9 Å². The van der Waals surface area contributed by atoms with Crippen molar-refractivity contribution in [3.63, 3.8) is 0 Å². The summed E-state index contributed by atoms with van der Waals surface area (Å²) >= 11 is 0. The molecule has 0 saturated heterocycles. The highest BCUT2D eigenvalue weighted by Crippen LogP contribution is 2.15. The van der Waals surface area contributed by atoms with E-state index in [1.807, 2.05) is 55.5 Å². The number of hydrogen-bond donors (Lipinski definition) is 3. The Kier molecular flexibility index (Phi) is 5.84. The van der Waals surface area contributed by atoms with E-state index in [1.54, 1.807) is 14.0 Å². The van der Waals surface area contributed by atoms with Crippen molar-refractivity contribution in [3.8, 4) is 5.75 Å². The van der Waals surface area contributed by atoms with Gasteiger partial charge in [0.05, 0.1) is 12.8 Å². The van der Waals surface area contributed by atoms with Gasteiger partial charge in [0.15, 0.2) is 0 Å². The molecule has 0 bridgehead atoms. The Morgan fingerprint density at radius 3 is 2.46 bits per heavy atom. The van der Waals surface area contributed by atoms with E-state index in [1.165, 1.54) is 0 Å². The van der Waals surface area contributed by atoms with Crippen LogP contribution in [-0.4, -0.2) is 19.1 Å². The van der Waals surface area contributed by atoms with E-state index in [9.17, 15) is 4.79 Å². The predicted molar refractivity (Wildman–Crippen MR) is 97.6 cm³/mol. The van der Waals surface area contributed by atoms with Gasteiger partial charge >= 0.3 is 0 Å². The minimum atomic E-state index is -0.386. The van der Waals surface area contributed by atoms with Gasteiger partial charge in [-0.1, -0.05) is 18.7 Å². The summed E-state index contributed by atoms with van der Waals surface area (Å²) in [7, 11) is 1.62. The second-order valence-electron chi connectivity index (χ2n) is 5.56. The zero-order valence-electron chi connectivity index (χ0n) is 14.2. The van der Waals surface area contributed by atoms with Gasteiger partial charge in [-0.25, -0.2) is 0 Å². The number of hydrazine groups is 1. The van der Waals surface area contributed by atoms with Crippen LogP contribution in [0.3, 0.4) is 0 Å². The molecule has 0 spiro atoms. The Morgan fingerprint density at radius 2 is 1.83 bits per heavy atom. The maximum atomic E-state index is 12.2. The SMILES string of the molecule is C=C(NNC(=O)C(C)Nc1cccc(C)c1)c1ccc(OC)cc1. The Hall–Kier alpha value is -2.95. The van der Waals surface area contributed by atoms with Crippen LogP contribution in [0.25, 0.3) is 5.70 Å². The van der Waals surface area contributed by atoms with Gasteiger partial charge in [-0.2, -0.15) is 0 Å². The molecule has 1 atom stereocenters. The number of aryl methyl sites for hydroxylation is 1. The summed E-state index contributed by atoms with van der Waals surface area (Å²) < 4.78 is 5.12. The van der Waals surface area contributed by atoms with Crippen LogP contribution < -0.4 is 20.9 Å². The van der Waals surface area contributed by atoms with Crippen LogP contribution in [0.5, 0.6) is 5.75 Å². The van der Waals surface area contributed by atoms with Gasteiger partial charge in [0, 0.05) is 5.69 Å². The van der Waals surface area contributed by atoms with Crippen LogP contribution in [0, 0.1) is 6.92 Å². The second-order valence-corrected chi connectivity index (χ2v) is 5.56. The highest BCUT2D eigenvalue weighted by atomic mass is 16.5. The largest absolute Gasteiger partial charge is 0.497 e. The van der Waals surface area contributed by atoms with E-state index in [0.29, 0.717) is 5.70 Å². The summed E-state index contributed by atoms with van der Waals surface area (Å²) in [6, 6.07) is 14.9. The maximum Gasteiger partial charge on any atom is 0.260 e. The molecule has 126 valence electrons. The van der Waals surface area contributed by atoms with Gasteiger partial charge in [0.1, 0.15) is 11.8 Å². The zero-order chi connectivity index (χ0) is 17.5. The summed E-state index contributed by atoms with van der Waals surface area (Å²) in [5, 5.41) is 3.16. The minimum Gasteiger partial charge on any atom is -0.497 e. The molecule has 0 aromatic heterocycles. The van der Waals surface area contributed by atoms with E-state index < -0.39 is 0 Å². The summed E-state index contributed by atoms with van der Waals surface area (Å²) in [6.07, 6.45) is 0. The van der Waals surface area contributed by atoms with Crippen molar-refractivity contribution in [1.82, 2.24) is 10.9 Å². The van der Waals surface area contributed by atoms with Crippen LogP contribution in [0.15, 0.2) is 55.1 Å². The third kappa shape index (κ3) is 4.78. The van der Waals surface area contributed by atoms with Gasteiger partial charge < -0.3 is 10.1 Å². The van der Waals surface area contributed by atoms with Crippen LogP contribution >= 0.6 is 0 Å². The maximum absolute atomic E-state index is 12.2. The Morgan fingerprint density at radius 1 is 1.12 bits per heavy atom. The Labute approximate surface area is 142 Å². The van der Waals surface area contributed by atoms with E-state index >= 15 is 0 Å². The number of hydrogen-bond acceptors (Lipinski definition) is 4. The van der Waals surface area contributed by atoms with Crippen LogP contribution in [0.4, 0.5) is 5.69 Å². The molecule has 2 aromatic rings. The lowest BCUT2D eigenvalue weighted by Gasteiger charge is -2.17. The number of anilines is 1. The molecule has 0 aliphatic heterocycles. The molecule has 0 fully saturated rings. The highest BCUT2D eigenvalue weighted by molar-refractivity contribution is 5.84. The molecule has 24 heavy (non-hydrogen) atoms. The van der Waals surface area contributed by atoms with Gasteiger partial charge in [-0.15, -0.1) is 0 Å². The number of benzene rings is 2. The first-order chi connectivity index (χ1) is 11.5. The predicted octanol–water partition coefficient (Wildman–Crippen LogP) is 3.10. The fourth-order valence-electron chi connectivity index (χ4n) is 2.16. The molecule has 1 unspecified atom stereocenters. The minimum absolute atomic E-state index is 0.175. The fraction of sp³-hybridized carbons (Fsp3) is 0.211. The van der Waals surface area contributed by atoms with Crippen molar-refractivity contribution in [2.45, 2.75) is 19.9 Å². The molecule has 0 heterocycles. The zero-order valence-corrected chi connectivity index (χ0v) is 14.2. The topological polar surface area (TPSA) is 62.4 Å². The molecule has 0 aliphatic carbocycles. The first kappa shape index (κ1) is 17.4. The highest BCUT2D eigenvalue weighted by Gasteiger charge is 2.12. The number of methoxy groups -OCH3 is 1. The van der Waals surface area contributed by atoms with Crippen LogP contribution in [-0.2, 0) is 4.79 Å². The molecule has 0 radical (unpaired) electrons. The van der Waals surface area contributed by atoms with Gasteiger partial charge in [-0.05, 0) is 61.4 Å². The Balaban J connectivity index is 1.86. The van der Waals surface area contributed by atoms with Crippen molar-refractivity contribution in [2.24, 2.45) is 0 Å². The molecule has 0 saturated carbocycles. The molecule has 2 aromatic carbocycles. The molecular formula is C19H23N3O2. The summed E-state index contributed by atoms with van der Waals surface area (Å²) in [5.41, 5.74) is 9.02. The lowest BCUT2D eigenvalue weighted by atomic mass is 10.2. The monoisotopic (exact) mass is 325 g/mol. The van der Waals surface area contributed by atoms with Crippen molar-refractivity contribution >= 4 is 17.3 Å². The van der Waals surface area contributed by atoms with E-state index in [4.69, 9.17) is 4.74 Å². The van der Waals surface area contributed by atoms with Crippen molar-refractivity contribution in [1.29, 1.82) is 0 Å². The quantitative estimate of drug-likeness (QED) is 0.685. The molecule has 3 N–H and O–H groups in total. The van der Waals surface area contributed by atoms with E-state index in [2.05, 4.69) is 22.7 Å². The number of amides is 1.